The van der Waals surface area contributed by atoms with Crippen LogP contribution in [-0.2, 0) is 0 Å². The summed E-state index contributed by atoms with van der Waals surface area (Å²) in [4.78, 5) is 5.09. The number of hydrogen-bond acceptors (Lipinski definition) is 8. The standard InChI is InChI=1S/C22H27N3O5.2BrH/c1-5-30-19-9-13-14-8-12(26)6-7-17(14)23-21(15(13)10-18(19)27-2)16-11-20(28-3)24-25-22(16)29-4;;/h9-12,14,17,26H,5-8H2,1-4H3;2*1H/t12-,14-,17-;;/m1../s1. The van der Waals surface area contributed by atoms with Gasteiger partial charge in [0.25, 0.3) is 0 Å². The van der Waals surface area contributed by atoms with E-state index in [2.05, 4.69) is 10.2 Å². The van der Waals surface area contributed by atoms with E-state index in [1.165, 1.54) is 0 Å². The average molecular weight is 575 g/mol. The molecule has 0 bridgehead atoms. The summed E-state index contributed by atoms with van der Waals surface area (Å²) < 4.78 is 22.2. The molecule has 3 atom stereocenters. The Balaban J connectivity index is 0.00000181. The van der Waals surface area contributed by atoms with E-state index < -0.39 is 0 Å². The van der Waals surface area contributed by atoms with Crippen LogP contribution in [-0.4, -0.2) is 61.1 Å². The number of aromatic nitrogens is 2. The van der Waals surface area contributed by atoms with Gasteiger partial charge < -0.3 is 24.1 Å². The molecule has 0 amide bonds. The first kappa shape index (κ1) is 26.3. The minimum absolute atomic E-state index is 0. The van der Waals surface area contributed by atoms with Gasteiger partial charge in [-0.15, -0.1) is 44.2 Å². The number of methoxy groups -OCH3 is 3. The zero-order chi connectivity index (χ0) is 21.3. The third-order valence-corrected chi connectivity index (χ3v) is 5.77. The highest BCUT2D eigenvalue weighted by atomic mass is 79.9. The normalized spacial score (nSPS) is 21.0. The molecule has 2 aromatic rings. The molecule has 0 spiro atoms. The SMILES string of the molecule is Br.Br.CCOc1cc2c(cc1OC)C(c1cc(OC)nnc1OC)=N[C@@H]1CC[C@@H](O)C[C@H]21. The molecular formula is C22H29Br2N3O5. The van der Waals surface area contributed by atoms with E-state index in [0.29, 0.717) is 41.9 Å². The molecule has 0 radical (unpaired) electrons. The van der Waals surface area contributed by atoms with Crippen LogP contribution in [0, 0.1) is 0 Å². The van der Waals surface area contributed by atoms with Crippen molar-refractivity contribution in [1.82, 2.24) is 10.2 Å². The lowest BCUT2D eigenvalue weighted by molar-refractivity contribution is 0.111. The maximum atomic E-state index is 10.3. The van der Waals surface area contributed by atoms with Gasteiger partial charge in [-0.05, 0) is 43.9 Å². The fourth-order valence-corrected chi connectivity index (χ4v) is 4.37. The maximum absolute atomic E-state index is 10.3. The molecule has 0 saturated heterocycles. The lowest BCUT2D eigenvalue weighted by Crippen LogP contribution is -2.34. The Labute approximate surface area is 208 Å². The van der Waals surface area contributed by atoms with Crippen LogP contribution >= 0.6 is 34.0 Å². The van der Waals surface area contributed by atoms with Crippen LogP contribution < -0.4 is 18.9 Å². The molecule has 1 N–H and O–H groups in total. The average Bonchev–Trinajstić information content (AvgIpc) is 2.78. The van der Waals surface area contributed by atoms with Crippen molar-refractivity contribution in [3.63, 3.8) is 0 Å². The number of ether oxygens (including phenoxy) is 4. The van der Waals surface area contributed by atoms with Crippen LogP contribution in [0.4, 0.5) is 0 Å². The second-order valence-electron chi connectivity index (χ2n) is 7.45. The highest BCUT2D eigenvalue weighted by Crippen LogP contribution is 2.45. The van der Waals surface area contributed by atoms with Crippen molar-refractivity contribution in [2.24, 2.45) is 4.99 Å². The molecule has 8 nitrogen and oxygen atoms in total. The lowest BCUT2D eigenvalue weighted by atomic mass is 9.74. The summed E-state index contributed by atoms with van der Waals surface area (Å²) in [6.45, 7) is 2.48. The molecule has 1 aromatic heterocycles. The van der Waals surface area contributed by atoms with Gasteiger partial charge in [0, 0.05) is 17.5 Å². The second kappa shape index (κ2) is 11.3. The van der Waals surface area contributed by atoms with Crippen LogP contribution in [0.5, 0.6) is 23.3 Å². The summed E-state index contributed by atoms with van der Waals surface area (Å²) in [7, 11) is 4.73. The summed E-state index contributed by atoms with van der Waals surface area (Å²) in [6.07, 6.45) is 1.88. The molecule has 1 aliphatic carbocycles. The van der Waals surface area contributed by atoms with Crippen molar-refractivity contribution in [2.75, 3.05) is 27.9 Å². The van der Waals surface area contributed by atoms with E-state index in [1.807, 2.05) is 19.1 Å². The predicted octanol–water partition coefficient (Wildman–Crippen LogP) is 3.90. The van der Waals surface area contributed by atoms with Crippen molar-refractivity contribution in [3.8, 4) is 23.3 Å². The molecule has 1 aliphatic heterocycles. The monoisotopic (exact) mass is 573 g/mol. The number of halogens is 2. The molecule has 10 heteroatoms. The summed E-state index contributed by atoms with van der Waals surface area (Å²) in [5, 5.41) is 18.5. The number of hydrogen-bond donors (Lipinski definition) is 1. The van der Waals surface area contributed by atoms with Gasteiger partial charge in [0.15, 0.2) is 11.5 Å². The van der Waals surface area contributed by atoms with Crippen molar-refractivity contribution >= 4 is 39.7 Å². The van der Waals surface area contributed by atoms with Gasteiger partial charge in [-0.3, -0.25) is 4.99 Å². The summed E-state index contributed by atoms with van der Waals surface area (Å²) in [5.41, 5.74) is 3.47. The van der Waals surface area contributed by atoms with Gasteiger partial charge in [0.1, 0.15) is 0 Å². The Morgan fingerprint density at radius 3 is 2.38 bits per heavy atom. The van der Waals surface area contributed by atoms with Gasteiger partial charge in [-0.25, -0.2) is 0 Å². The lowest BCUT2D eigenvalue weighted by Gasteiger charge is -2.37. The van der Waals surface area contributed by atoms with Crippen LogP contribution in [0.2, 0.25) is 0 Å². The van der Waals surface area contributed by atoms with Crippen LogP contribution in [0.1, 0.15) is 48.8 Å². The fraction of sp³-hybridized carbons (Fsp3) is 0.500. The van der Waals surface area contributed by atoms with Gasteiger partial charge in [0.2, 0.25) is 11.8 Å². The zero-order valence-electron chi connectivity index (χ0n) is 18.5. The van der Waals surface area contributed by atoms with Gasteiger partial charge in [-0.2, -0.15) is 0 Å². The molecule has 0 unspecified atom stereocenters. The Bertz CT molecular complexity index is 973. The van der Waals surface area contributed by atoms with Crippen LogP contribution in [0.3, 0.4) is 0 Å². The quantitative estimate of drug-likeness (QED) is 0.559. The third kappa shape index (κ3) is 4.87. The minimum Gasteiger partial charge on any atom is -0.493 e. The van der Waals surface area contributed by atoms with Crippen molar-refractivity contribution in [3.05, 3.63) is 34.9 Å². The van der Waals surface area contributed by atoms with Crippen molar-refractivity contribution in [1.29, 1.82) is 0 Å². The molecule has 1 fully saturated rings. The molecular weight excluding hydrogens is 546 g/mol. The molecule has 1 saturated carbocycles. The highest BCUT2D eigenvalue weighted by Gasteiger charge is 2.38. The number of fused-ring (bicyclic) bond motifs is 3. The minimum atomic E-state index is -0.328. The number of aliphatic hydroxyl groups is 1. The Morgan fingerprint density at radius 2 is 1.72 bits per heavy atom. The molecule has 32 heavy (non-hydrogen) atoms. The van der Waals surface area contributed by atoms with Crippen molar-refractivity contribution in [2.45, 2.75) is 44.2 Å². The van der Waals surface area contributed by atoms with Gasteiger partial charge in [0.05, 0.1) is 51.4 Å². The predicted molar refractivity (Wildman–Crippen MR) is 132 cm³/mol. The van der Waals surface area contributed by atoms with Crippen LogP contribution in [0.15, 0.2) is 23.2 Å². The maximum Gasteiger partial charge on any atom is 0.243 e. The molecule has 176 valence electrons. The Morgan fingerprint density at radius 1 is 0.938 bits per heavy atom. The topological polar surface area (TPSA) is 95.3 Å². The Hall–Kier alpha value is -1.91. The second-order valence-corrected chi connectivity index (χ2v) is 7.45. The van der Waals surface area contributed by atoms with E-state index >= 15 is 0 Å². The largest absolute Gasteiger partial charge is 0.493 e. The van der Waals surface area contributed by atoms with E-state index in [9.17, 15) is 5.11 Å². The molecule has 4 rings (SSSR count). The van der Waals surface area contributed by atoms with Gasteiger partial charge >= 0.3 is 0 Å². The third-order valence-electron chi connectivity index (χ3n) is 5.77. The molecule has 1 aromatic carbocycles. The summed E-state index contributed by atoms with van der Waals surface area (Å²) in [5.74, 6) is 2.19. The first-order valence-corrected chi connectivity index (χ1v) is 10.2. The van der Waals surface area contributed by atoms with E-state index in [1.54, 1.807) is 27.4 Å². The fourth-order valence-electron chi connectivity index (χ4n) is 4.37. The first-order chi connectivity index (χ1) is 14.6. The number of rotatable bonds is 6. The number of nitrogens with zero attached hydrogens (tertiary/aromatic N) is 3. The zero-order valence-corrected chi connectivity index (χ0v) is 22.0. The number of aliphatic hydroxyl groups excluding tert-OH is 1. The van der Waals surface area contributed by atoms with Crippen LogP contribution in [0.25, 0.3) is 0 Å². The summed E-state index contributed by atoms with van der Waals surface area (Å²) >= 11 is 0. The van der Waals surface area contributed by atoms with Crippen molar-refractivity contribution < 1.29 is 24.1 Å². The van der Waals surface area contributed by atoms with E-state index in [4.69, 9.17) is 23.9 Å². The molecule has 2 aliphatic rings. The smallest absolute Gasteiger partial charge is 0.243 e. The summed E-state index contributed by atoms with van der Waals surface area (Å²) in [6, 6.07) is 5.82. The van der Waals surface area contributed by atoms with E-state index in [-0.39, 0.29) is 52.0 Å². The number of benzene rings is 1. The first-order valence-electron chi connectivity index (χ1n) is 10.2. The van der Waals surface area contributed by atoms with Gasteiger partial charge in [-0.1, -0.05) is 0 Å². The Kier molecular flexibility index (Phi) is 9.29. The number of aliphatic imine (C=N–C) groups is 1. The molecule has 2 heterocycles. The highest BCUT2D eigenvalue weighted by molar-refractivity contribution is 8.93. The van der Waals surface area contributed by atoms with E-state index in [0.717, 1.165) is 29.7 Å².